The summed E-state index contributed by atoms with van der Waals surface area (Å²) in [5.41, 5.74) is 6.91. The van der Waals surface area contributed by atoms with Crippen molar-refractivity contribution < 1.29 is 19.1 Å². The molecule has 0 radical (unpaired) electrons. The number of carbonyl (C=O) groups is 2. The molecular weight excluding hydrogens is 526 g/mol. The molecule has 0 spiro atoms. The monoisotopic (exact) mass is 569 g/mol. The first-order valence-corrected chi connectivity index (χ1v) is 15.6. The number of carbonyl (C=O) groups excluding carboxylic acids is 2. The highest BCUT2D eigenvalue weighted by Gasteiger charge is 2.34. The van der Waals surface area contributed by atoms with Gasteiger partial charge in [0.1, 0.15) is 5.75 Å². The highest BCUT2D eigenvalue weighted by molar-refractivity contribution is 6.04. The van der Waals surface area contributed by atoms with E-state index >= 15 is 0 Å². The number of amides is 1. The third kappa shape index (κ3) is 5.13. The minimum Gasteiger partial charge on any atom is -0.497 e. The van der Waals surface area contributed by atoms with Crippen LogP contribution in [0, 0.1) is 0 Å². The van der Waals surface area contributed by atoms with Gasteiger partial charge in [0.25, 0.3) is 5.91 Å². The summed E-state index contributed by atoms with van der Waals surface area (Å²) in [4.78, 5) is 31.4. The molecule has 3 heterocycles. The van der Waals surface area contributed by atoms with Crippen LogP contribution in [0.2, 0.25) is 0 Å². The first-order chi connectivity index (χ1) is 20.4. The second kappa shape index (κ2) is 12.0. The minimum absolute atomic E-state index is 0.105. The number of likely N-dealkylation sites (tertiary alicyclic amines) is 1. The molecule has 7 heteroatoms. The summed E-state index contributed by atoms with van der Waals surface area (Å²) in [6, 6.07) is 12.4. The Bertz CT molecular complexity index is 1530. The number of ether oxygens (including phenoxy) is 2. The Labute approximate surface area is 249 Å². The first kappa shape index (κ1) is 28.5. The van der Waals surface area contributed by atoms with E-state index in [2.05, 4.69) is 52.6 Å². The number of hydrogen-bond donors (Lipinski definition) is 0. The van der Waals surface area contributed by atoms with Gasteiger partial charge in [-0.2, -0.15) is 0 Å². The van der Waals surface area contributed by atoms with Gasteiger partial charge in [-0.1, -0.05) is 32.3 Å². The number of esters is 1. The molecule has 1 saturated heterocycles. The fraction of sp³-hybridized carbons (Fsp3) is 0.486. The second-order valence-corrected chi connectivity index (χ2v) is 12.2. The molecule has 2 aromatic carbocycles. The van der Waals surface area contributed by atoms with Crippen LogP contribution in [0.15, 0.2) is 42.0 Å². The van der Waals surface area contributed by atoms with Crippen LogP contribution in [-0.2, 0) is 16.1 Å². The van der Waals surface area contributed by atoms with E-state index in [0.29, 0.717) is 18.0 Å². The molecule has 1 atom stereocenters. The number of fused-ring (bicyclic) bond motifs is 5. The summed E-state index contributed by atoms with van der Waals surface area (Å²) < 4.78 is 13.1. The van der Waals surface area contributed by atoms with Gasteiger partial charge in [0, 0.05) is 41.2 Å². The minimum atomic E-state index is -0.350. The van der Waals surface area contributed by atoms with Crippen molar-refractivity contribution >= 4 is 28.9 Å². The smallest absolute Gasteiger partial charge is 0.337 e. The van der Waals surface area contributed by atoms with E-state index < -0.39 is 0 Å². The van der Waals surface area contributed by atoms with Gasteiger partial charge in [0.2, 0.25) is 0 Å². The Hall–Kier alpha value is -3.58. The van der Waals surface area contributed by atoms with Crippen molar-refractivity contribution in [2.45, 2.75) is 70.4 Å². The summed E-state index contributed by atoms with van der Waals surface area (Å²) >= 11 is 0. The van der Waals surface area contributed by atoms with E-state index in [0.717, 1.165) is 73.3 Å². The molecule has 6 rings (SSSR count). The zero-order valence-corrected chi connectivity index (χ0v) is 25.4. The SMILES string of the molecule is CCN(C)CC1CCCN1C(=O)C1=Cc2cc(OC)ccc2-c2c(C3CCCCC3)c3ccc(C(=O)OC)cc3n2C1. The van der Waals surface area contributed by atoms with Gasteiger partial charge in [-0.25, -0.2) is 4.79 Å². The van der Waals surface area contributed by atoms with Crippen molar-refractivity contribution in [1.29, 1.82) is 0 Å². The maximum absolute atomic E-state index is 14.4. The molecule has 222 valence electrons. The highest BCUT2D eigenvalue weighted by Crippen LogP contribution is 2.47. The van der Waals surface area contributed by atoms with Gasteiger partial charge in [0.05, 0.1) is 32.0 Å². The predicted octanol–water partition coefficient (Wildman–Crippen LogP) is 6.49. The van der Waals surface area contributed by atoms with Crippen LogP contribution in [0.25, 0.3) is 28.2 Å². The number of likely N-dealkylation sites (N-methyl/N-ethyl adjacent to an activating group) is 1. The van der Waals surface area contributed by atoms with Crippen LogP contribution in [-0.4, -0.2) is 73.2 Å². The molecule has 3 aliphatic rings. The molecule has 0 N–H and O–H groups in total. The third-order valence-electron chi connectivity index (χ3n) is 9.69. The van der Waals surface area contributed by atoms with Crippen LogP contribution in [0.5, 0.6) is 5.75 Å². The summed E-state index contributed by atoms with van der Waals surface area (Å²) in [6.45, 7) is 5.23. The Balaban J connectivity index is 1.55. The van der Waals surface area contributed by atoms with Gasteiger partial charge >= 0.3 is 5.97 Å². The molecule has 3 aromatic rings. The Kier molecular flexibility index (Phi) is 8.13. The number of methoxy groups -OCH3 is 2. The number of rotatable bonds is 7. The summed E-state index contributed by atoms with van der Waals surface area (Å²) in [5, 5.41) is 1.17. The molecule has 1 unspecified atom stereocenters. The Morgan fingerprint density at radius 3 is 2.55 bits per heavy atom. The number of hydrogen-bond acceptors (Lipinski definition) is 5. The lowest BCUT2D eigenvalue weighted by molar-refractivity contribution is -0.128. The normalized spacial score (nSPS) is 18.9. The van der Waals surface area contributed by atoms with E-state index in [9.17, 15) is 9.59 Å². The Morgan fingerprint density at radius 1 is 1.00 bits per heavy atom. The highest BCUT2D eigenvalue weighted by atomic mass is 16.5. The van der Waals surface area contributed by atoms with Crippen LogP contribution >= 0.6 is 0 Å². The lowest BCUT2D eigenvalue weighted by atomic mass is 9.81. The fourth-order valence-electron chi connectivity index (χ4n) is 7.38. The lowest BCUT2D eigenvalue weighted by Gasteiger charge is -2.29. The molecule has 1 amide bonds. The second-order valence-electron chi connectivity index (χ2n) is 12.2. The largest absolute Gasteiger partial charge is 0.497 e. The molecule has 2 aliphatic heterocycles. The van der Waals surface area contributed by atoms with Crippen molar-refractivity contribution in [3.63, 3.8) is 0 Å². The number of nitrogens with zero attached hydrogens (tertiary/aromatic N) is 3. The maximum Gasteiger partial charge on any atom is 0.337 e. The Morgan fingerprint density at radius 2 is 1.81 bits per heavy atom. The van der Waals surface area contributed by atoms with Crippen LogP contribution < -0.4 is 4.74 Å². The van der Waals surface area contributed by atoms with Crippen LogP contribution in [0.3, 0.4) is 0 Å². The zero-order valence-electron chi connectivity index (χ0n) is 25.4. The molecule has 42 heavy (non-hydrogen) atoms. The van der Waals surface area contributed by atoms with E-state index in [4.69, 9.17) is 9.47 Å². The van der Waals surface area contributed by atoms with Crippen molar-refractivity contribution in [2.24, 2.45) is 0 Å². The molecular formula is C35H43N3O4. The van der Waals surface area contributed by atoms with Crippen LogP contribution in [0.1, 0.15) is 79.3 Å². The van der Waals surface area contributed by atoms with E-state index in [1.807, 2.05) is 18.2 Å². The van der Waals surface area contributed by atoms with Gasteiger partial charge < -0.3 is 23.8 Å². The van der Waals surface area contributed by atoms with Gasteiger partial charge in [0.15, 0.2) is 0 Å². The van der Waals surface area contributed by atoms with Crippen molar-refractivity contribution in [3.8, 4) is 17.0 Å². The molecule has 0 bridgehead atoms. The molecule has 1 aliphatic carbocycles. The quantitative estimate of drug-likeness (QED) is 0.304. The molecule has 2 fully saturated rings. The van der Waals surface area contributed by atoms with Crippen molar-refractivity contribution in [1.82, 2.24) is 14.4 Å². The number of aromatic nitrogens is 1. The average molecular weight is 570 g/mol. The van der Waals surface area contributed by atoms with Crippen LogP contribution in [0.4, 0.5) is 0 Å². The van der Waals surface area contributed by atoms with E-state index in [1.165, 1.54) is 43.0 Å². The lowest BCUT2D eigenvalue weighted by Crippen LogP contribution is -2.43. The standard InChI is InChI=1S/C35H43N3O4/c1-5-36(2)22-27-12-9-17-37(27)34(39)26-18-25-19-28(41-3)14-16-29(25)33-32(23-10-7-6-8-11-23)30-15-13-24(35(40)42-4)20-31(30)38(33)21-26/h13-16,18-20,23,27H,5-12,17,21-22H2,1-4H3. The summed E-state index contributed by atoms with van der Waals surface area (Å²) in [6.07, 6.45) is 10.2. The predicted molar refractivity (Wildman–Crippen MR) is 167 cm³/mol. The van der Waals surface area contributed by atoms with E-state index in [-0.39, 0.29) is 17.9 Å². The van der Waals surface area contributed by atoms with Crippen molar-refractivity contribution in [2.75, 3.05) is 40.9 Å². The maximum atomic E-state index is 14.4. The average Bonchev–Trinajstić information content (AvgIpc) is 3.57. The van der Waals surface area contributed by atoms with Gasteiger partial charge in [-0.05, 0) is 92.7 Å². The molecule has 7 nitrogen and oxygen atoms in total. The first-order valence-electron chi connectivity index (χ1n) is 15.6. The fourth-order valence-corrected chi connectivity index (χ4v) is 7.38. The van der Waals surface area contributed by atoms with Crippen molar-refractivity contribution in [3.05, 3.63) is 58.7 Å². The topological polar surface area (TPSA) is 64.0 Å². The zero-order chi connectivity index (χ0) is 29.4. The number of benzene rings is 2. The molecule has 1 aromatic heterocycles. The van der Waals surface area contributed by atoms with E-state index in [1.54, 1.807) is 7.11 Å². The molecule has 1 saturated carbocycles. The van der Waals surface area contributed by atoms with Gasteiger partial charge in [-0.3, -0.25) is 4.79 Å². The summed E-state index contributed by atoms with van der Waals surface area (Å²) in [5.74, 6) is 0.962. The van der Waals surface area contributed by atoms with Gasteiger partial charge in [-0.15, -0.1) is 0 Å². The summed E-state index contributed by atoms with van der Waals surface area (Å²) in [7, 11) is 5.23. The third-order valence-corrected chi connectivity index (χ3v) is 9.69.